The fraction of sp³-hybridized carbons (Fsp3) is 0.0400. The number of non-ortho nitro benzene ring substituents is 1. The Balaban J connectivity index is 1.57. The summed E-state index contributed by atoms with van der Waals surface area (Å²) < 4.78 is 10.7. The van der Waals surface area contributed by atoms with Gasteiger partial charge in [0.15, 0.2) is 5.11 Å². The second kappa shape index (κ2) is 11.2. The van der Waals surface area contributed by atoms with Gasteiger partial charge in [-0.05, 0) is 48.1 Å². The van der Waals surface area contributed by atoms with Gasteiger partial charge in [0.2, 0.25) is 0 Å². The van der Waals surface area contributed by atoms with Crippen molar-refractivity contribution in [1.29, 1.82) is 0 Å². The van der Waals surface area contributed by atoms with Crippen LogP contribution in [-0.2, 0) is 4.74 Å². The fourth-order valence-electron chi connectivity index (χ4n) is 3.21. The lowest BCUT2D eigenvalue weighted by molar-refractivity contribution is -0.384. The van der Waals surface area contributed by atoms with E-state index in [1.54, 1.807) is 36.4 Å². The number of rotatable bonds is 7. The van der Waals surface area contributed by atoms with E-state index >= 15 is 0 Å². The van der Waals surface area contributed by atoms with Crippen molar-refractivity contribution in [1.82, 2.24) is 0 Å². The zero-order valence-corrected chi connectivity index (χ0v) is 21.1. The molecule has 0 unspecified atom stereocenters. The molecule has 3 aromatic carbocycles. The highest BCUT2D eigenvalue weighted by molar-refractivity contribution is 7.80. The standard InChI is InChI=1S/C25H18ClN3O5S2/c1-33-24(30)21-14-22(15-5-3-2-4-6-15)36-23(21)28-25(35)27-17-11-18(29(31)32)13-20(12-17)34-19-9-7-16(26)8-10-19/h2-14H,1H3,(H2,27,28,35). The van der Waals surface area contributed by atoms with Gasteiger partial charge >= 0.3 is 5.97 Å². The first kappa shape index (κ1) is 25.1. The molecule has 2 N–H and O–H groups in total. The minimum absolute atomic E-state index is 0.125. The minimum atomic E-state index is -0.531. The van der Waals surface area contributed by atoms with Crippen molar-refractivity contribution < 1.29 is 19.2 Å². The molecule has 0 fully saturated rings. The predicted octanol–water partition coefficient (Wildman–Crippen LogP) is 7.36. The Morgan fingerprint density at radius 1 is 1.00 bits per heavy atom. The Labute approximate surface area is 220 Å². The zero-order chi connectivity index (χ0) is 25.7. The number of thiocarbonyl (C=S) groups is 1. The van der Waals surface area contributed by atoms with Gasteiger partial charge in [0, 0.05) is 22.0 Å². The molecule has 4 rings (SSSR count). The summed E-state index contributed by atoms with van der Waals surface area (Å²) in [5, 5.41) is 18.5. The number of hydrogen-bond donors (Lipinski definition) is 2. The molecule has 0 atom stereocenters. The zero-order valence-electron chi connectivity index (χ0n) is 18.7. The molecular weight excluding hydrogens is 522 g/mol. The fourth-order valence-corrected chi connectivity index (χ4v) is 4.68. The molecule has 8 nitrogen and oxygen atoms in total. The molecule has 0 saturated carbocycles. The van der Waals surface area contributed by atoms with Crippen molar-refractivity contribution >= 4 is 62.6 Å². The molecule has 1 heterocycles. The smallest absolute Gasteiger partial charge is 0.340 e. The number of benzene rings is 3. The monoisotopic (exact) mass is 539 g/mol. The van der Waals surface area contributed by atoms with E-state index in [1.807, 2.05) is 30.3 Å². The third-order valence-electron chi connectivity index (χ3n) is 4.83. The highest BCUT2D eigenvalue weighted by Crippen LogP contribution is 2.36. The molecule has 0 spiro atoms. The Morgan fingerprint density at radius 2 is 1.72 bits per heavy atom. The SMILES string of the molecule is COC(=O)c1cc(-c2ccccc2)sc1NC(=S)Nc1cc(Oc2ccc(Cl)cc2)cc([N+](=O)[O-])c1. The third-order valence-corrected chi connectivity index (χ3v) is 6.39. The van der Waals surface area contributed by atoms with Crippen molar-refractivity contribution in [3.8, 4) is 21.9 Å². The van der Waals surface area contributed by atoms with E-state index in [-0.39, 0.29) is 16.5 Å². The van der Waals surface area contributed by atoms with Gasteiger partial charge in [0.1, 0.15) is 16.5 Å². The third kappa shape index (κ3) is 6.16. The highest BCUT2D eigenvalue weighted by atomic mass is 35.5. The van der Waals surface area contributed by atoms with Gasteiger partial charge in [-0.15, -0.1) is 11.3 Å². The minimum Gasteiger partial charge on any atom is -0.465 e. The number of hydrogen-bond acceptors (Lipinski definition) is 7. The molecule has 0 radical (unpaired) electrons. The first-order valence-electron chi connectivity index (χ1n) is 10.4. The molecule has 0 bridgehead atoms. The Bertz CT molecular complexity index is 1430. The molecule has 182 valence electrons. The number of halogens is 1. The van der Waals surface area contributed by atoms with Crippen molar-refractivity contribution in [3.05, 3.63) is 99.6 Å². The maximum absolute atomic E-state index is 12.4. The number of nitrogens with zero attached hydrogens (tertiary/aromatic N) is 1. The summed E-state index contributed by atoms with van der Waals surface area (Å²) in [6.07, 6.45) is 0. The quantitative estimate of drug-likeness (QED) is 0.109. The number of nitrogens with one attached hydrogen (secondary N) is 2. The van der Waals surface area contributed by atoms with Crippen LogP contribution in [0, 0.1) is 10.1 Å². The van der Waals surface area contributed by atoms with Crippen molar-refractivity contribution in [2.24, 2.45) is 0 Å². The van der Waals surface area contributed by atoms with Crippen LogP contribution < -0.4 is 15.4 Å². The van der Waals surface area contributed by atoms with Gasteiger partial charge in [-0.1, -0.05) is 41.9 Å². The summed E-state index contributed by atoms with van der Waals surface area (Å²) in [5.74, 6) is 0.170. The van der Waals surface area contributed by atoms with Gasteiger partial charge < -0.3 is 20.1 Å². The number of methoxy groups -OCH3 is 1. The topological polar surface area (TPSA) is 103 Å². The van der Waals surface area contributed by atoms with Crippen molar-refractivity contribution in [2.75, 3.05) is 17.7 Å². The Kier molecular flexibility index (Phi) is 7.79. The van der Waals surface area contributed by atoms with Crippen LogP contribution in [-0.4, -0.2) is 23.1 Å². The normalized spacial score (nSPS) is 10.4. The second-order valence-electron chi connectivity index (χ2n) is 7.32. The molecule has 0 aliphatic heterocycles. The van der Waals surface area contributed by atoms with Gasteiger partial charge in [-0.25, -0.2) is 4.79 Å². The summed E-state index contributed by atoms with van der Waals surface area (Å²) >= 11 is 12.7. The molecule has 1 aromatic heterocycles. The van der Waals surface area contributed by atoms with E-state index in [0.717, 1.165) is 10.4 Å². The van der Waals surface area contributed by atoms with E-state index in [1.165, 1.54) is 30.6 Å². The molecule has 4 aromatic rings. The van der Waals surface area contributed by atoms with Crippen LogP contribution in [0.4, 0.5) is 16.4 Å². The van der Waals surface area contributed by atoms with E-state index in [9.17, 15) is 14.9 Å². The Morgan fingerprint density at radius 3 is 2.39 bits per heavy atom. The number of carbonyl (C=O) groups excluding carboxylic acids is 1. The predicted molar refractivity (Wildman–Crippen MR) is 146 cm³/mol. The van der Waals surface area contributed by atoms with E-state index < -0.39 is 10.9 Å². The Hall–Kier alpha value is -3.99. The van der Waals surface area contributed by atoms with Gasteiger partial charge in [0.05, 0.1) is 29.4 Å². The number of anilines is 2. The lowest BCUT2D eigenvalue weighted by atomic mass is 10.1. The number of carbonyl (C=O) groups is 1. The summed E-state index contributed by atoms with van der Waals surface area (Å²) in [6, 6.07) is 22.1. The van der Waals surface area contributed by atoms with Crippen LogP contribution in [0.15, 0.2) is 78.9 Å². The molecule has 0 amide bonds. The van der Waals surface area contributed by atoms with Crippen molar-refractivity contribution in [2.45, 2.75) is 0 Å². The molecule has 0 aliphatic rings. The number of nitro groups is 1. The van der Waals surface area contributed by atoms with Crippen LogP contribution >= 0.6 is 35.2 Å². The van der Waals surface area contributed by atoms with Gasteiger partial charge in [-0.2, -0.15) is 0 Å². The first-order chi connectivity index (χ1) is 17.3. The average Bonchev–Trinajstić information content (AvgIpc) is 3.29. The lowest BCUT2D eigenvalue weighted by Gasteiger charge is -2.12. The van der Waals surface area contributed by atoms with E-state index in [4.69, 9.17) is 33.3 Å². The average molecular weight is 540 g/mol. The number of thiophene rings is 1. The van der Waals surface area contributed by atoms with Gasteiger partial charge in [-0.3, -0.25) is 10.1 Å². The van der Waals surface area contributed by atoms with Crippen LogP contribution in [0.25, 0.3) is 10.4 Å². The molecule has 11 heteroatoms. The number of ether oxygens (including phenoxy) is 2. The largest absolute Gasteiger partial charge is 0.465 e. The molecule has 36 heavy (non-hydrogen) atoms. The maximum atomic E-state index is 12.4. The number of esters is 1. The first-order valence-corrected chi connectivity index (χ1v) is 12.0. The van der Waals surface area contributed by atoms with E-state index in [0.29, 0.717) is 27.0 Å². The lowest BCUT2D eigenvalue weighted by Crippen LogP contribution is -2.20. The van der Waals surface area contributed by atoms with Crippen LogP contribution in [0.1, 0.15) is 10.4 Å². The summed E-state index contributed by atoms with van der Waals surface area (Å²) in [5.41, 5.74) is 1.38. The second-order valence-corrected chi connectivity index (χ2v) is 9.22. The van der Waals surface area contributed by atoms with Gasteiger partial charge in [0.25, 0.3) is 5.69 Å². The van der Waals surface area contributed by atoms with Crippen LogP contribution in [0.3, 0.4) is 0 Å². The van der Waals surface area contributed by atoms with Crippen LogP contribution in [0.5, 0.6) is 11.5 Å². The van der Waals surface area contributed by atoms with Crippen molar-refractivity contribution in [3.63, 3.8) is 0 Å². The maximum Gasteiger partial charge on any atom is 0.340 e. The van der Waals surface area contributed by atoms with E-state index in [2.05, 4.69) is 10.6 Å². The van der Waals surface area contributed by atoms with Crippen LogP contribution in [0.2, 0.25) is 5.02 Å². The molecule has 0 aliphatic carbocycles. The molecule has 0 saturated heterocycles. The summed E-state index contributed by atoms with van der Waals surface area (Å²) in [6.45, 7) is 0. The number of nitro benzene ring substituents is 1. The summed E-state index contributed by atoms with van der Waals surface area (Å²) in [4.78, 5) is 24.1. The highest BCUT2D eigenvalue weighted by Gasteiger charge is 2.19. The summed E-state index contributed by atoms with van der Waals surface area (Å²) in [7, 11) is 1.30. The molecular formula is C25H18ClN3O5S2.